The summed E-state index contributed by atoms with van der Waals surface area (Å²) in [6.45, 7) is 8.08. The molecule has 0 bridgehead atoms. The number of halogens is 1. The molecule has 0 aliphatic heterocycles. The molecule has 0 saturated heterocycles. The Balaban J connectivity index is -0.0000000450. The van der Waals surface area contributed by atoms with E-state index in [1.807, 2.05) is 0 Å². The van der Waals surface area contributed by atoms with Gasteiger partial charge in [-0.3, -0.25) is 6.58 Å². The van der Waals surface area contributed by atoms with Gasteiger partial charge in [0, 0.05) is 0 Å². The molecule has 0 heterocycles. The van der Waals surface area contributed by atoms with Crippen LogP contribution in [0.4, 0.5) is 0 Å². The summed E-state index contributed by atoms with van der Waals surface area (Å²) in [7, 11) is 0. The van der Waals surface area contributed by atoms with E-state index in [0.717, 1.165) is 0 Å². The zero-order valence-electron chi connectivity index (χ0n) is 3.52. The molecule has 0 rings (SSSR count). The first-order valence-electron chi connectivity index (χ1n) is 1.07. The molecular formula is C4H5ClMg. The molecule has 0 saturated carbocycles. The molecular weight excluding hydrogens is 108 g/mol. The third kappa shape index (κ3) is 24.0. The van der Waals surface area contributed by atoms with Crippen LogP contribution in [0.3, 0.4) is 0 Å². The van der Waals surface area contributed by atoms with Crippen molar-refractivity contribution in [2.24, 2.45) is 0 Å². The van der Waals surface area contributed by atoms with Crippen LogP contribution in [0.2, 0.25) is 0 Å². The van der Waals surface area contributed by atoms with Crippen LogP contribution in [0.25, 0.3) is 0 Å². The van der Waals surface area contributed by atoms with E-state index in [-0.39, 0.29) is 35.5 Å². The number of hydrogen-bond acceptors (Lipinski definition) is 0. The first-order chi connectivity index (χ1) is 1.91. The quantitative estimate of drug-likeness (QED) is 0.205. The molecule has 0 spiro atoms. The Morgan fingerprint density at radius 2 is 1.67 bits per heavy atom. The summed E-state index contributed by atoms with van der Waals surface area (Å²) < 4.78 is 0. The molecule has 0 aliphatic carbocycles. The summed E-state index contributed by atoms with van der Waals surface area (Å²) in [5, 5.41) is 0. The van der Waals surface area contributed by atoms with Crippen LogP contribution in [-0.2, 0) is 0 Å². The van der Waals surface area contributed by atoms with Crippen molar-refractivity contribution in [1.82, 2.24) is 0 Å². The zero-order chi connectivity index (χ0) is 3.41. The van der Waals surface area contributed by atoms with Crippen molar-refractivity contribution in [3.63, 3.8) is 0 Å². The van der Waals surface area contributed by atoms with E-state index in [4.69, 9.17) is 6.58 Å². The molecule has 0 nitrogen and oxygen atoms in total. The molecule has 0 aromatic heterocycles. The Labute approximate surface area is 60.9 Å². The van der Waals surface area contributed by atoms with Gasteiger partial charge in [-0.15, -0.1) is 0 Å². The standard InChI is InChI=1S/C4H5.ClH.Mg/c1-3-4-2;;/h1,3-4H,2H2;1H;/q-1;;+2/p-1. The largest absolute Gasteiger partial charge is 2.00 e. The van der Waals surface area contributed by atoms with Gasteiger partial charge in [-0.25, -0.2) is 12.2 Å². The Kier molecular flexibility index (Phi) is 47.3. The van der Waals surface area contributed by atoms with E-state index in [1.165, 1.54) is 12.2 Å². The van der Waals surface area contributed by atoms with Crippen molar-refractivity contribution in [2.75, 3.05) is 0 Å². The van der Waals surface area contributed by atoms with Crippen LogP contribution >= 0.6 is 0 Å². The molecule has 30 valence electrons. The van der Waals surface area contributed by atoms with Crippen molar-refractivity contribution >= 4 is 23.1 Å². The average Bonchev–Trinajstić information content (AvgIpc) is 1.37. The van der Waals surface area contributed by atoms with Gasteiger partial charge >= 0.3 is 23.1 Å². The van der Waals surface area contributed by atoms with Gasteiger partial charge < -0.3 is 12.4 Å². The second-order valence-corrected chi connectivity index (χ2v) is 0.428. The maximum atomic E-state index is 4.78. The van der Waals surface area contributed by atoms with Crippen LogP contribution in [0.5, 0.6) is 0 Å². The first-order valence-corrected chi connectivity index (χ1v) is 1.07. The van der Waals surface area contributed by atoms with Crippen LogP contribution in [0.1, 0.15) is 0 Å². The molecule has 0 unspecified atom stereocenters. The van der Waals surface area contributed by atoms with Crippen molar-refractivity contribution < 1.29 is 12.4 Å². The van der Waals surface area contributed by atoms with Gasteiger partial charge in [0.2, 0.25) is 0 Å². The number of hydrogen-bond donors (Lipinski definition) is 0. The zero-order valence-corrected chi connectivity index (χ0v) is 5.69. The molecule has 0 aromatic carbocycles. The average molecular weight is 113 g/mol. The van der Waals surface area contributed by atoms with Crippen molar-refractivity contribution in [3.05, 3.63) is 25.3 Å². The molecule has 0 fully saturated rings. The van der Waals surface area contributed by atoms with Gasteiger partial charge in [0.15, 0.2) is 0 Å². The molecule has 0 atom stereocenters. The third-order valence-corrected chi connectivity index (χ3v) is 0.136. The monoisotopic (exact) mass is 112 g/mol. The van der Waals surface area contributed by atoms with Gasteiger partial charge in [-0.05, 0) is 0 Å². The van der Waals surface area contributed by atoms with E-state index in [1.54, 1.807) is 0 Å². The van der Waals surface area contributed by atoms with Gasteiger partial charge in [-0.2, -0.15) is 6.58 Å². The maximum Gasteiger partial charge on any atom is 2.00 e. The predicted octanol–water partition coefficient (Wildman–Crippen LogP) is -2.22. The molecule has 0 N–H and O–H groups in total. The summed E-state index contributed by atoms with van der Waals surface area (Å²) in [4.78, 5) is 0. The molecule has 6 heavy (non-hydrogen) atoms. The minimum Gasteiger partial charge on any atom is -1.00 e. The van der Waals surface area contributed by atoms with Gasteiger partial charge in [0.25, 0.3) is 0 Å². The minimum atomic E-state index is 0. The van der Waals surface area contributed by atoms with Crippen molar-refractivity contribution in [2.45, 2.75) is 0 Å². The maximum absolute atomic E-state index is 4.78. The third-order valence-electron chi connectivity index (χ3n) is 0.136. The number of allylic oxidation sites excluding steroid dienone is 2. The van der Waals surface area contributed by atoms with Crippen LogP contribution in [0, 0.1) is 6.58 Å². The van der Waals surface area contributed by atoms with E-state index in [2.05, 4.69) is 6.58 Å². The van der Waals surface area contributed by atoms with Gasteiger partial charge in [0.1, 0.15) is 0 Å². The fourth-order valence-electron chi connectivity index (χ4n) is 0. The Hall–Kier alpha value is 0.536. The fraction of sp³-hybridized carbons (Fsp3) is 0. The molecule has 0 aromatic rings. The Bertz CT molecular complexity index is 28.5. The van der Waals surface area contributed by atoms with E-state index in [0.29, 0.717) is 0 Å². The SMILES string of the molecule is [CH-]=CC=C.[Cl-].[Mg+2]. The summed E-state index contributed by atoms with van der Waals surface area (Å²) >= 11 is 0. The van der Waals surface area contributed by atoms with Crippen molar-refractivity contribution in [3.8, 4) is 0 Å². The van der Waals surface area contributed by atoms with E-state index >= 15 is 0 Å². The van der Waals surface area contributed by atoms with Gasteiger partial charge in [-0.1, -0.05) is 0 Å². The van der Waals surface area contributed by atoms with Crippen LogP contribution in [0.15, 0.2) is 18.7 Å². The summed E-state index contributed by atoms with van der Waals surface area (Å²) in [5.74, 6) is 0. The number of rotatable bonds is 1. The van der Waals surface area contributed by atoms with E-state index in [9.17, 15) is 0 Å². The second kappa shape index (κ2) is 17.7. The second-order valence-electron chi connectivity index (χ2n) is 0.428. The van der Waals surface area contributed by atoms with Crippen LogP contribution in [-0.4, -0.2) is 23.1 Å². The minimum absolute atomic E-state index is 0. The fourth-order valence-corrected chi connectivity index (χ4v) is 0. The summed E-state index contributed by atoms with van der Waals surface area (Å²) in [6.07, 6.45) is 2.92. The van der Waals surface area contributed by atoms with Crippen LogP contribution < -0.4 is 12.4 Å². The molecule has 0 amide bonds. The first kappa shape index (κ1) is 16.0. The molecule has 0 aliphatic rings. The topological polar surface area (TPSA) is 0 Å². The molecule has 0 radical (unpaired) electrons. The summed E-state index contributed by atoms with van der Waals surface area (Å²) in [5.41, 5.74) is 0. The summed E-state index contributed by atoms with van der Waals surface area (Å²) in [6, 6.07) is 0. The predicted molar refractivity (Wildman–Crippen MR) is 24.8 cm³/mol. The van der Waals surface area contributed by atoms with Crippen molar-refractivity contribution in [1.29, 1.82) is 0 Å². The molecule has 2 heteroatoms. The van der Waals surface area contributed by atoms with E-state index < -0.39 is 0 Å². The Morgan fingerprint density at radius 3 is 1.67 bits per heavy atom. The Morgan fingerprint density at radius 1 is 1.50 bits per heavy atom. The normalized spacial score (nSPS) is 3.33. The van der Waals surface area contributed by atoms with Gasteiger partial charge in [0.05, 0.1) is 0 Å². The smallest absolute Gasteiger partial charge is 1.00 e.